The van der Waals surface area contributed by atoms with Crippen molar-refractivity contribution in [2.24, 2.45) is 11.8 Å². The largest absolute Gasteiger partial charge is 0.367 e. The molecule has 0 aliphatic heterocycles. The second-order valence-corrected chi connectivity index (χ2v) is 7.21. The second kappa shape index (κ2) is 6.38. The summed E-state index contributed by atoms with van der Waals surface area (Å²) >= 11 is 0. The first kappa shape index (κ1) is 15.4. The molecule has 2 bridgehead atoms. The lowest BCUT2D eigenvalue weighted by Gasteiger charge is -2.24. The molecule has 0 amide bonds. The van der Waals surface area contributed by atoms with Gasteiger partial charge in [0.2, 0.25) is 5.95 Å². The zero-order valence-electron chi connectivity index (χ0n) is 14.4. The van der Waals surface area contributed by atoms with Crippen LogP contribution in [0.3, 0.4) is 0 Å². The third-order valence-electron chi connectivity index (χ3n) is 5.60. The maximum atomic E-state index is 4.73. The first-order valence-electron chi connectivity index (χ1n) is 8.94. The van der Waals surface area contributed by atoms with Crippen molar-refractivity contribution in [1.29, 1.82) is 0 Å². The van der Waals surface area contributed by atoms with Gasteiger partial charge in [-0.05, 0) is 57.1 Å². The lowest BCUT2D eigenvalue weighted by molar-refractivity contribution is 0.438. The smallest absolute Gasteiger partial charge is 0.225 e. The number of rotatable bonds is 5. The molecule has 3 atom stereocenters. The molecule has 5 nitrogen and oxygen atoms in total. The van der Waals surface area contributed by atoms with Crippen molar-refractivity contribution in [3.63, 3.8) is 0 Å². The molecule has 0 aromatic carbocycles. The number of nitrogens with zero attached hydrogens (tertiary/aromatic N) is 3. The van der Waals surface area contributed by atoms with Gasteiger partial charge in [-0.15, -0.1) is 0 Å². The Bertz CT molecular complexity index is 715. The predicted molar refractivity (Wildman–Crippen MR) is 95.9 cm³/mol. The van der Waals surface area contributed by atoms with Crippen LogP contribution in [0.1, 0.15) is 42.6 Å². The van der Waals surface area contributed by atoms with Gasteiger partial charge >= 0.3 is 0 Å². The van der Waals surface area contributed by atoms with Crippen LogP contribution in [0.15, 0.2) is 24.4 Å². The summed E-state index contributed by atoms with van der Waals surface area (Å²) in [6, 6.07) is 6.50. The fraction of sp³-hybridized carbons (Fsp3) is 0.526. The number of fused-ring (bicyclic) bond motifs is 2. The van der Waals surface area contributed by atoms with Gasteiger partial charge in [-0.25, -0.2) is 4.98 Å². The average molecular weight is 323 g/mol. The molecular formula is C19H25N5. The Labute approximate surface area is 143 Å². The molecule has 5 heteroatoms. The Morgan fingerprint density at radius 1 is 1.12 bits per heavy atom. The summed E-state index contributed by atoms with van der Waals surface area (Å²) in [5.41, 5.74) is 3.17. The Morgan fingerprint density at radius 3 is 2.75 bits per heavy atom. The molecule has 2 heterocycles. The molecular weight excluding hydrogens is 298 g/mol. The van der Waals surface area contributed by atoms with Crippen molar-refractivity contribution < 1.29 is 0 Å². The van der Waals surface area contributed by atoms with Crippen molar-refractivity contribution >= 4 is 11.8 Å². The molecule has 2 aliphatic rings. The fourth-order valence-electron chi connectivity index (χ4n) is 4.12. The van der Waals surface area contributed by atoms with Crippen LogP contribution in [-0.2, 0) is 6.54 Å². The van der Waals surface area contributed by atoms with Gasteiger partial charge in [0, 0.05) is 23.5 Å². The van der Waals surface area contributed by atoms with Crippen molar-refractivity contribution in [2.45, 2.75) is 52.1 Å². The molecule has 4 rings (SSSR count). The predicted octanol–water partition coefficient (Wildman–Crippen LogP) is 3.70. The number of aromatic nitrogens is 3. The van der Waals surface area contributed by atoms with Crippen molar-refractivity contribution in [1.82, 2.24) is 15.0 Å². The van der Waals surface area contributed by atoms with Crippen LogP contribution in [0.25, 0.3) is 0 Å². The first-order valence-corrected chi connectivity index (χ1v) is 8.94. The van der Waals surface area contributed by atoms with Crippen LogP contribution in [0, 0.1) is 25.7 Å². The van der Waals surface area contributed by atoms with Gasteiger partial charge in [0.05, 0.1) is 12.2 Å². The van der Waals surface area contributed by atoms with Gasteiger partial charge in [0.25, 0.3) is 0 Å². The fourth-order valence-corrected chi connectivity index (χ4v) is 4.12. The maximum absolute atomic E-state index is 4.73. The quantitative estimate of drug-likeness (QED) is 0.878. The zero-order valence-corrected chi connectivity index (χ0v) is 14.4. The Balaban J connectivity index is 1.48. The maximum Gasteiger partial charge on any atom is 0.225 e. The van der Waals surface area contributed by atoms with E-state index in [9.17, 15) is 0 Å². The van der Waals surface area contributed by atoms with E-state index in [-0.39, 0.29) is 0 Å². The van der Waals surface area contributed by atoms with E-state index >= 15 is 0 Å². The standard InChI is InChI=1S/C19H25N5/c1-12-13(2)22-19(21-11-16-5-3-4-8-20-16)24-18(12)23-17-10-14-6-7-15(17)9-14/h3-5,8,14-15,17H,6-7,9-11H2,1-2H3,(H2,21,22,23,24). The van der Waals surface area contributed by atoms with Crippen LogP contribution in [-0.4, -0.2) is 21.0 Å². The van der Waals surface area contributed by atoms with E-state index in [1.807, 2.05) is 18.2 Å². The summed E-state index contributed by atoms with van der Waals surface area (Å²) in [5, 5.41) is 7.02. The third kappa shape index (κ3) is 3.07. The van der Waals surface area contributed by atoms with E-state index in [4.69, 9.17) is 4.98 Å². The number of nitrogens with one attached hydrogen (secondary N) is 2. The molecule has 3 unspecified atom stereocenters. The lowest BCUT2D eigenvalue weighted by atomic mass is 9.95. The minimum atomic E-state index is 0.584. The SMILES string of the molecule is Cc1nc(NCc2ccccn2)nc(NC2CC3CCC2C3)c1C. The molecule has 0 radical (unpaired) electrons. The van der Waals surface area contributed by atoms with E-state index in [2.05, 4.69) is 34.4 Å². The van der Waals surface area contributed by atoms with E-state index in [1.54, 1.807) is 6.20 Å². The van der Waals surface area contributed by atoms with E-state index < -0.39 is 0 Å². The molecule has 2 aromatic heterocycles. The lowest BCUT2D eigenvalue weighted by Crippen LogP contribution is -2.27. The third-order valence-corrected chi connectivity index (χ3v) is 5.60. The van der Waals surface area contributed by atoms with Crippen LogP contribution >= 0.6 is 0 Å². The summed E-state index contributed by atoms with van der Waals surface area (Å²) < 4.78 is 0. The monoisotopic (exact) mass is 323 g/mol. The molecule has 2 aromatic rings. The molecule has 2 fully saturated rings. The molecule has 2 N–H and O–H groups in total. The van der Waals surface area contributed by atoms with Crippen LogP contribution in [0.2, 0.25) is 0 Å². The molecule has 0 saturated heterocycles. The average Bonchev–Trinajstić information content (AvgIpc) is 3.21. The number of aryl methyl sites for hydroxylation is 1. The number of pyridine rings is 1. The van der Waals surface area contributed by atoms with Crippen molar-refractivity contribution in [2.75, 3.05) is 10.6 Å². The van der Waals surface area contributed by atoms with Crippen molar-refractivity contribution in [3.05, 3.63) is 41.3 Å². The van der Waals surface area contributed by atoms with Gasteiger partial charge in [0.1, 0.15) is 5.82 Å². The summed E-state index contributed by atoms with van der Waals surface area (Å²) in [7, 11) is 0. The van der Waals surface area contributed by atoms with Gasteiger partial charge in [-0.2, -0.15) is 4.98 Å². The number of hydrogen-bond acceptors (Lipinski definition) is 5. The highest BCUT2D eigenvalue weighted by Crippen LogP contribution is 2.45. The minimum absolute atomic E-state index is 0.584. The van der Waals surface area contributed by atoms with Gasteiger partial charge in [-0.3, -0.25) is 4.98 Å². The highest BCUT2D eigenvalue weighted by molar-refractivity contribution is 5.50. The normalized spacial score (nSPS) is 25.0. The van der Waals surface area contributed by atoms with Crippen molar-refractivity contribution in [3.8, 4) is 0 Å². The summed E-state index contributed by atoms with van der Waals surface area (Å²) in [6.45, 7) is 4.79. The summed E-state index contributed by atoms with van der Waals surface area (Å²) in [5.74, 6) is 3.42. The van der Waals surface area contributed by atoms with Crippen LogP contribution < -0.4 is 10.6 Å². The Morgan fingerprint density at radius 2 is 2.04 bits per heavy atom. The van der Waals surface area contributed by atoms with Gasteiger partial charge in [-0.1, -0.05) is 12.5 Å². The summed E-state index contributed by atoms with van der Waals surface area (Å²) in [4.78, 5) is 13.6. The summed E-state index contributed by atoms with van der Waals surface area (Å²) in [6.07, 6.45) is 7.29. The molecule has 2 saturated carbocycles. The van der Waals surface area contributed by atoms with Gasteiger partial charge in [0.15, 0.2) is 0 Å². The van der Waals surface area contributed by atoms with E-state index in [0.29, 0.717) is 18.5 Å². The molecule has 24 heavy (non-hydrogen) atoms. The van der Waals surface area contributed by atoms with E-state index in [0.717, 1.165) is 34.6 Å². The highest BCUT2D eigenvalue weighted by atomic mass is 15.2. The van der Waals surface area contributed by atoms with Crippen LogP contribution in [0.5, 0.6) is 0 Å². The number of anilines is 2. The highest BCUT2D eigenvalue weighted by Gasteiger charge is 2.39. The topological polar surface area (TPSA) is 62.7 Å². The molecule has 0 spiro atoms. The zero-order chi connectivity index (χ0) is 16.5. The minimum Gasteiger partial charge on any atom is -0.367 e. The van der Waals surface area contributed by atoms with Crippen LogP contribution in [0.4, 0.5) is 11.8 Å². The van der Waals surface area contributed by atoms with E-state index in [1.165, 1.54) is 25.7 Å². The first-order chi connectivity index (χ1) is 11.7. The molecule has 126 valence electrons. The Hall–Kier alpha value is -2.17. The Kier molecular flexibility index (Phi) is 4.08. The molecule has 2 aliphatic carbocycles. The number of hydrogen-bond donors (Lipinski definition) is 2. The van der Waals surface area contributed by atoms with Gasteiger partial charge < -0.3 is 10.6 Å². The second-order valence-electron chi connectivity index (χ2n) is 7.21.